The minimum atomic E-state index is -0.721. The van der Waals surface area contributed by atoms with Gasteiger partial charge in [-0.15, -0.1) is 0 Å². The molecule has 0 saturated carbocycles. The lowest BCUT2D eigenvalue weighted by Gasteiger charge is -2.32. The molecule has 1 aliphatic rings. The third kappa shape index (κ3) is 3.75. The molecule has 100 valence electrons. The van der Waals surface area contributed by atoms with Gasteiger partial charge in [0.25, 0.3) is 0 Å². The van der Waals surface area contributed by atoms with Gasteiger partial charge in [0.2, 0.25) is 0 Å². The van der Waals surface area contributed by atoms with Crippen LogP contribution in [0.3, 0.4) is 0 Å². The lowest BCUT2D eigenvalue weighted by molar-refractivity contribution is -0.0617. The van der Waals surface area contributed by atoms with Crippen LogP contribution in [-0.4, -0.2) is 30.5 Å². The van der Waals surface area contributed by atoms with Crippen molar-refractivity contribution in [3.8, 4) is 0 Å². The highest BCUT2D eigenvalue weighted by atomic mass is 79.9. The second kappa shape index (κ2) is 6.10. The topological polar surface area (TPSA) is 41.5 Å². The second-order valence-corrected chi connectivity index (χ2v) is 5.59. The molecule has 0 spiro atoms. The zero-order valence-electron chi connectivity index (χ0n) is 10.1. The summed E-state index contributed by atoms with van der Waals surface area (Å²) >= 11 is 3.32. The highest BCUT2D eigenvalue weighted by molar-refractivity contribution is 9.10. The Labute approximate surface area is 114 Å². The predicted molar refractivity (Wildman–Crippen MR) is 70.8 cm³/mol. The maximum Gasteiger partial charge on any atom is 0.127 e. The number of rotatable bonds is 4. The van der Waals surface area contributed by atoms with Gasteiger partial charge in [-0.1, -0.05) is 15.9 Å². The monoisotopic (exact) mass is 317 g/mol. The van der Waals surface area contributed by atoms with Gasteiger partial charge < -0.3 is 15.2 Å². The van der Waals surface area contributed by atoms with Crippen molar-refractivity contribution >= 4 is 15.9 Å². The van der Waals surface area contributed by atoms with Gasteiger partial charge in [0.05, 0.1) is 5.60 Å². The van der Waals surface area contributed by atoms with E-state index in [9.17, 15) is 9.50 Å². The third-order valence-electron chi connectivity index (χ3n) is 3.20. The lowest BCUT2D eigenvalue weighted by atomic mass is 9.94. The van der Waals surface area contributed by atoms with Gasteiger partial charge in [-0.3, -0.25) is 0 Å². The van der Waals surface area contributed by atoms with Crippen LogP contribution in [0.15, 0.2) is 22.7 Å². The molecular weight excluding hydrogens is 301 g/mol. The Balaban J connectivity index is 1.86. The molecule has 1 aromatic rings. The first-order chi connectivity index (χ1) is 8.59. The van der Waals surface area contributed by atoms with Crippen molar-refractivity contribution in [3.05, 3.63) is 34.1 Å². The van der Waals surface area contributed by atoms with E-state index in [4.69, 9.17) is 4.74 Å². The molecule has 5 heteroatoms. The molecule has 3 nitrogen and oxygen atoms in total. The second-order valence-electron chi connectivity index (χ2n) is 4.68. The number of ether oxygens (including phenoxy) is 1. The van der Waals surface area contributed by atoms with Crippen LogP contribution in [0.1, 0.15) is 18.4 Å². The summed E-state index contributed by atoms with van der Waals surface area (Å²) in [6.07, 6.45) is 1.25. The Morgan fingerprint density at radius 3 is 2.83 bits per heavy atom. The molecular formula is C13H17BrFNO2. The molecule has 0 atom stereocenters. The van der Waals surface area contributed by atoms with Crippen LogP contribution in [0.5, 0.6) is 0 Å². The van der Waals surface area contributed by atoms with E-state index in [-0.39, 0.29) is 5.82 Å². The summed E-state index contributed by atoms with van der Waals surface area (Å²) in [4.78, 5) is 0. The van der Waals surface area contributed by atoms with Crippen molar-refractivity contribution in [1.29, 1.82) is 0 Å². The molecule has 0 amide bonds. The molecule has 18 heavy (non-hydrogen) atoms. The summed E-state index contributed by atoms with van der Waals surface area (Å²) in [6, 6.07) is 4.85. The standard InChI is InChI=1S/C13H17BrFNO2/c14-11-1-2-12(15)10(7-11)8-16-9-13(17)3-5-18-6-4-13/h1-2,7,16-17H,3-6,8-9H2. The molecule has 2 N–H and O–H groups in total. The van der Waals surface area contributed by atoms with Gasteiger partial charge in [-0.2, -0.15) is 0 Å². The minimum Gasteiger partial charge on any atom is -0.388 e. The van der Waals surface area contributed by atoms with Crippen LogP contribution in [0, 0.1) is 5.82 Å². The van der Waals surface area contributed by atoms with Crippen LogP contribution in [0.2, 0.25) is 0 Å². The molecule has 1 fully saturated rings. The highest BCUT2D eigenvalue weighted by Crippen LogP contribution is 2.20. The van der Waals surface area contributed by atoms with Gasteiger partial charge >= 0.3 is 0 Å². The maximum atomic E-state index is 13.5. The zero-order chi connectivity index (χ0) is 13.0. The molecule has 1 saturated heterocycles. The summed E-state index contributed by atoms with van der Waals surface area (Å²) in [5, 5.41) is 13.3. The highest BCUT2D eigenvalue weighted by Gasteiger charge is 2.29. The molecule has 1 aromatic carbocycles. The first-order valence-electron chi connectivity index (χ1n) is 6.04. The van der Waals surface area contributed by atoms with Crippen molar-refractivity contribution in [2.24, 2.45) is 0 Å². The number of hydrogen-bond donors (Lipinski definition) is 2. The van der Waals surface area contributed by atoms with Gasteiger partial charge in [-0.25, -0.2) is 4.39 Å². The fraction of sp³-hybridized carbons (Fsp3) is 0.538. The molecule has 0 radical (unpaired) electrons. The van der Waals surface area contributed by atoms with Gasteiger partial charge in [0.15, 0.2) is 0 Å². The fourth-order valence-electron chi connectivity index (χ4n) is 2.04. The fourth-order valence-corrected chi connectivity index (χ4v) is 2.45. The molecule has 0 aliphatic carbocycles. The summed E-state index contributed by atoms with van der Waals surface area (Å²) in [5.74, 6) is -0.232. The van der Waals surface area contributed by atoms with E-state index in [0.29, 0.717) is 44.7 Å². The summed E-state index contributed by atoms with van der Waals surface area (Å²) in [5.41, 5.74) is -0.124. The Kier molecular flexibility index (Phi) is 4.72. The van der Waals surface area contributed by atoms with E-state index in [1.54, 1.807) is 12.1 Å². The van der Waals surface area contributed by atoms with E-state index >= 15 is 0 Å². The number of aliphatic hydroxyl groups is 1. The quantitative estimate of drug-likeness (QED) is 0.894. The predicted octanol–water partition coefficient (Wildman–Crippen LogP) is 2.22. The van der Waals surface area contributed by atoms with Crippen molar-refractivity contribution in [2.45, 2.75) is 25.0 Å². The van der Waals surface area contributed by atoms with Crippen molar-refractivity contribution in [2.75, 3.05) is 19.8 Å². The average Bonchev–Trinajstić information content (AvgIpc) is 2.34. The number of hydrogen-bond acceptors (Lipinski definition) is 3. The first kappa shape index (κ1) is 13.9. The largest absolute Gasteiger partial charge is 0.388 e. The summed E-state index contributed by atoms with van der Waals surface area (Å²) in [6.45, 7) is 2.05. The maximum absolute atomic E-state index is 13.5. The van der Waals surface area contributed by atoms with Crippen LogP contribution in [0.4, 0.5) is 4.39 Å². The number of nitrogens with one attached hydrogen (secondary N) is 1. The smallest absolute Gasteiger partial charge is 0.127 e. The van der Waals surface area contributed by atoms with Crippen LogP contribution in [0.25, 0.3) is 0 Å². The van der Waals surface area contributed by atoms with Gasteiger partial charge in [-0.05, 0) is 18.2 Å². The van der Waals surface area contributed by atoms with E-state index in [1.165, 1.54) is 6.07 Å². The first-order valence-corrected chi connectivity index (χ1v) is 6.83. The Bertz CT molecular complexity index is 408. The zero-order valence-corrected chi connectivity index (χ0v) is 11.7. The summed E-state index contributed by atoms with van der Waals surface area (Å²) < 4.78 is 19.5. The van der Waals surface area contributed by atoms with Crippen molar-refractivity contribution < 1.29 is 14.2 Å². The Morgan fingerprint density at radius 2 is 2.11 bits per heavy atom. The summed E-state index contributed by atoms with van der Waals surface area (Å²) in [7, 11) is 0. The average molecular weight is 318 g/mol. The van der Waals surface area contributed by atoms with Crippen LogP contribution < -0.4 is 5.32 Å². The normalized spacial score (nSPS) is 18.8. The van der Waals surface area contributed by atoms with Crippen molar-refractivity contribution in [1.82, 2.24) is 5.32 Å². The Morgan fingerprint density at radius 1 is 1.39 bits per heavy atom. The van der Waals surface area contributed by atoms with Crippen LogP contribution in [-0.2, 0) is 11.3 Å². The van der Waals surface area contributed by atoms with E-state index < -0.39 is 5.60 Å². The SMILES string of the molecule is OC1(CNCc2cc(Br)ccc2F)CCOCC1. The van der Waals surface area contributed by atoms with Gasteiger partial charge in [0.1, 0.15) is 5.82 Å². The lowest BCUT2D eigenvalue weighted by Crippen LogP contribution is -2.44. The third-order valence-corrected chi connectivity index (χ3v) is 3.69. The molecule has 2 rings (SSSR count). The van der Waals surface area contributed by atoms with E-state index in [2.05, 4.69) is 21.2 Å². The molecule has 0 bridgehead atoms. The molecule has 1 heterocycles. The van der Waals surface area contributed by atoms with Crippen molar-refractivity contribution in [3.63, 3.8) is 0 Å². The molecule has 1 aliphatic heterocycles. The Hall–Kier alpha value is -0.490. The van der Waals surface area contributed by atoms with Crippen LogP contribution >= 0.6 is 15.9 Å². The number of halogens is 2. The van der Waals surface area contributed by atoms with Gasteiger partial charge in [0, 0.05) is 49.2 Å². The minimum absolute atomic E-state index is 0.232. The molecule has 0 unspecified atom stereocenters. The van der Waals surface area contributed by atoms with E-state index in [0.717, 1.165) is 4.47 Å². The molecule has 0 aromatic heterocycles. The number of benzene rings is 1. The van der Waals surface area contributed by atoms with E-state index in [1.807, 2.05) is 0 Å².